The van der Waals surface area contributed by atoms with Gasteiger partial charge in [-0.05, 0) is 81.2 Å². The fraction of sp³-hybridized carbons (Fsp3) is 0.448. The maximum Gasteiger partial charge on any atom is 0.295 e. The van der Waals surface area contributed by atoms with Gasteiger partial charge in [-0.3, -0.25) is 9.59 Å². The summed E-state index contributed by atoms with van der Waals surface area (Å²) in [5, 5.41) is 11.3. The molecule has 1 aliphatic rings. The minimum atomic E-state index is -0.644. The van der Waals surface area contributed by atoms with E-state index in [1.165, 1.54) is 5.56 Å². The van der Waals surface area contributed by atoms with E-state index < -0.39 is 17.7 Å². The molecule has 0 bridgehead atoms. The van der Waals surface area contributed by atoms with Crippen molar-refractivity contribution in [1.82, 2.24) is 9.80 Å². The number of rotatable bonds is 10. The molecule has 6 nitrogen and oxygen atoms in total. The molecule has 1 N–H and O–H groups in total. The zero-order valence-electron chi connectivity index (χ0n) is 21.8. The van der Waals surface area contributed by atoms with Crippen molar-refractivity contribution in [2.24, 2.45) is 0 Å². The SMILES string of the molecule is CCCOc1ccc(C(O)=C2C(=O)C(=O)N(CCCN(C)C)[C@H]2c2ccc(C(C)C)cc2)cc1C. The minimum absolute atomic E-state index is 0.138. The molecule has 0 saturated carbocycles. The first-order valence-electron chi connectivity index (χ1n) is 12.4. The Hall–Kier alpha value is -3.12. The molecule has 1 amide bonds. The fourth-order valence-electron chi connectivity index (χ4n) is 4.40. The van der Waals surface area contributed by atoms with Crippen LogP contribution in [0.1, 0.15) is 67.8 Å². The normalized spacial score (nSPS) is 17.6. The van der Waals surface area contributed by atoms with Crippen LogP contribution in [-0.2, 0) is 9.59 Å². The first kappa shape index (κ1) is 26.5. The van der Waals surface area contributed by atoms with Gasteiger partial charge in [0.15, 0.2) is 0 Å². The number of carbonyl (C=O) groups is 2. The molecule has 0 unspecified atom stereocenters. The minimum Gasteiger partial charge on any atom is -0.507 e. The molecule has 1 fully saturated rings. The maximum absolute atomic E-state index is 13.2. The van der Waals surface area contributed by atoms with Gasteiger partial charge in [-0.15, -0.1) is 0 Å². The van der Waals surface area contributed by atoms with Crippen molar-refractivity contribution in [3.8, 4) is 5.75 Å². The lowest BCUT2D eigenvalue weighted by Gasteiger charge is -2.26. The van der Waals surface area contributed by atoms with E-state index in [2.05, 4.69) is 13.8 Å². The Labute approximate surface area is 209 Å². The summed E-state index contributed by atoms with van der Waals surface area (Å²) in [4.78, 5) is 30.0. The molecule has 6 heteroatoms. The first-order chi connectivity index (χ1) is 16.6. The number of benzene rings is 2. The van der Waals surface area contributed by atoms with Crippen molar-refractivity contribution in [3.63, 3.8) is 0 Å². The number of nitrogens with zero attached hydrogens (tertiary/aromatic N) is 2. The number of aliphatic hydroxyl groups excluding tert-OH is 1. The number of aliphatic hydroxyl groups is 1. The maximum atomic E-state index is 13.2. The van der Waals surface area contributed by atoms with Crippen LogP contribution in [0.25, 0.3) is 5.76 Å². The summed E-state index contributed by atoms with van der Waals surface area (Å²) in [7, 11) is 3.96. The highest BCUT2D eigenvalue weighted by Crippen LogP contribution is 2.40. The van der Waals surface area contributed by atoms with E-state index in [-0.39, 0.29) is 11.3 Å². The van der Waals surface area contributed by atoms with E-state index in [4.69, 9.17) is 4.74 Å². The Morgan fingerprint density at radius 1 is 1.11 bits per heavy atom. The van der Waals surface area contributed by atoms with Gasteiger partial charge in [0.1, 0.15) is 11.5 Å². The van der Waals surface area contributed by atoms with E-state index in [1.54, 1.807) is 23.1 Å². The van der Waals surface area contributed by atoms with E-state index >= 15 is 0 Å². The lowest BCUT2D eigenvalue weighted by molar-refractivity contribution is -0.139. The van der Waals surface area contributed by atoms with Crippen LogP contribution < -0.4 is 4.74 Å². The summed E-state index contributed by atoms with van der Waals surface area (Å²) in [5.74, 6) is -0.251. The van der Waals surface area contributed by atoms with Gasteiger partial charge in [0.2, 0.25) is 0 Å². The van der Waals surface area contributed by atoms with E-state index in [0.29, 0.717) is 24.6 Å². The topological polar surface area (TPSA) is 70.1 Å². The predicted molar refractivity (Wildman–Crippen MR) is 140 cm³/mol. The molecule has 2 aromatic carbocycles. The van der Waals surface area contributed by atoms with Crippen LogP contribution in [0.2, 0.25) is 0 Å². The summed E-state index contributed by atoms with van der Waals surface area (Å²) in [6, 6.07) is 12.7. The van der Waals surface area contributed by atoms with Gasteiger partial charge >= 0.3 is 0 Å². The highest BCUT2D eigenvalue weighted by atomic mass is 16.5. The van der Waals surface area contributed by atoms with Crippen molar-refractivity contribution in [2.45, 2.75) is 52.5 Å². The molecule has 0 radical (unpaired) electrons. The largest absolute Gasteiger partial charge is 0.507 e. The highest BCUT2D eigenvalue weighted by molar-refractivity contribution is 6.46. The van der Waals surface area contributed by atoms with E-state index in [0.717, 1.165) is 36.3 Å². The summed E-state index contributed by atoms with van der Waals surface area (Å²) in [6.45, 7) is 10.0. The van der Waals surface area contributed by atoms with Gasteiger partial charge in [0.05, 0.1) is 18.2 Å². The van der Waals surface area contributed by atoms with Crippen LogP contribution in [0.4, 0.5) is 0 Å². The predicted octanol–water partition coefficient (Wildman–Crippen LogP) is 5.28. The third-order valence-corrected chi connectivity index (χ3v) is 6.37. The Balaban J connectivity index is 2.06. The Morgan fingerprint density at radius 3 is 2.37 bits per heavy atom. The monoisotopic (exact) mass is 478 g/mol. The number of Topliss-reactive ketones (excluding diaryl/α,β-unsaturated/α-hetero) is 1. The number of amides is 1. The zero-order chi connectivity index (χ0) is 25.7. The second-order valence-electron chi connectivity index (χ2n) is 9.80. The van der Waals surface area contributed by atoms with Crippen molar-refractivity contribution in [3.05, 3.63) is 70.3 Å². The van der Waals surface area contributed by atoms with E-state index in [1.807, 2.05) is 57.1 Å². The Kier molecular flexibility index (Phi) is 8.73. The van der Waals surface area contributed by atoms with Crippen LogP contribution in [0.5, 0.6) is 5.75 Å². The summed E-state index contributed by atoms with van der Waals surface area (Å²) < 4.78 is 5.75. The molecule has 0 aromatic heterocycles. The average molecular weight is 479 g/mol. The second kappa shape index (κ2) is 11.5. The number of ether oxygens (including phenoxy) is 1. The fourth-order valence-corrected chi connectivity index (χ4v) is 4.40. The molecule has 1 heterocycles. The van der Waals surface area contributed by atoms with Crippen LogP contribution in [-0.4, -0.2) is 60.4 Å². The molecule has 3 rings (SSSR count). The zero-order valence-corrected chi connectivity index (χ0v) is 21.8. The van der Waals surface area contributed by atoms with Gasteiger partial charge in [-0.25, -0.2) is 0 Å². The molecule has 1 saturated heterocycles. The lowest BCUT2D eigenvalue weighted by atomic mass is 9.93. The molecule has 0 spiro atoms. The average Bonchev–Trinajstić information content (AvgIpc) is 3.07. The first-order valence-corrected chi connectivity index (χ1v) is 12.4. The molecule has 1 aliphatic heterocycles. The van der Waals surface area contributed by atoms with Crippen molar-refractivity contribution >= 4 is 17.4 Å². The van der Waals surface area contributed by atoms with Crippen LogP contribution in [0.3, 0.4) is 0 Å². The van der Waals surface area contributed by atoms with Gasteiger partial charge in [-0.2, -0.15) is 0 Å². The summed E-state index contributed by atoms with van der Waals surface area (Å²) in [5.41, 5.74) is 3.50. The number of aryl methyl sites for hydroxylation is 1. The van der Waals surface area contributed by atoms with Gasteiger partial charge in [-0.1, -0.05) is 45.0 Å². The summed E-state index contributed by atoms with van der Waals surface area (Å²) >= 11 is 0. The molecular weight excluding hydrogens is 440 g/mol. The lowest BCUT2D eigenvalue weighted by Crippen LogP contribution is -2.32. The number of hydrogen-bond donors (Lipinski definition) is 1. The Morgan fingerprint density at radius 2 is 1.80 bits per heavy atom. The third kappa shape index (κ3) is 5.93. The van der Waals surface area contributed by atoms with Crippen molar-refractivity contribution in [2.75, 3.05) is 33.8 Å². The number of carbonyl (C=O) groups excluding carboxylic acids is 2. The Bertz CT molecular complexity index is 1090. The van der Waals surface area contributed by atoms with Crippen molar-refractivity contribution in [1.29, 1.82) is 0 Å². The van der Waals surface area contributed by atoms with Crippen LogP contribution >= 0.6 is 0 Å². The highest BCUT2D eigenvalue weighted by Gasteiger charge is 2.45. The van der Waals surface area contributed by atoms with Gasteiger partial charge in [0, 0.05) is 12.1 Å². The number of likely N-dealkylation sites (tertiary alicyclic amines) is 1. The molecule has 2 aromatic rings. The second-order valence-corrected chi connectivity index (χ2v) is 9.80. The smallest absolute Gasteiger partial charge is 0.295 e. The van der Waals surface area contributed by atoms with Gasteiger partial charge < -0.3 is 19.6 Å². The molecule has 1 atom stereocenters. The summed E-state index contributed by atoms with van der Waals surface area (Å²) in [6.07, 6.45) is 1.62. The van der Waals surface area contributed by atoms with Crippen molar-refractivity contribution < 1.29 is 19.4 Å². The van der Waals surface area contributed by atoms with Crippen LogP contribution in [0, 0.1) is 6.92 Å². The van der Waals surface area contributed by atoms with Crippen LogP contribution in [0.15, 0.2) is 48.0 Å². The number of ketones is 1. The standard InChI is InChI=1S/C29H38N2O4/c1-7-17-35-24-14-13-23(18-20(24)4)27(32)25-26(22-11-9-21(10-12-22)19(2)3)31(29(34)28(25)33)16-8-15-30(5)6/h9-14,18-19,26,32H,7-8,15-17H2,1-6H3/t26-/m0/s1. The third-order valence-electron chi connectivity index (χ3n) is 6.37. The molecule has 0 aliphatic carbocycles. The molecular formula is C29H38N2O4. The molecule has 188 valence electrons. The van der Waals surface area contributed by atoms with Gasteiger partial charge in [0.25, 0.3) is 11.7 Å². The number of hydrogen-bond acceptors (Lipinski definition) is 5. The molecule has 35 heavy (non-hydrogen) atoms. The van der Waals surface area contributed by atoms with E-state index in [9.17, 15) is 14.7 Å². The quantitative estimate of drug-likeness (QED) is 0.286.